The molecule has 2 aromatic rings. The number of carboxylic acids is 1. The first-order valence-electron chi connectivity index (χ1n) is 10.8. The lowest BCUT2D eigenvalue weighted by Gasteiger charge is -2.32. The van der Waals surface area contributed by atoms with Gasteiger partial charge < -0.3 is 24.5 Å². The van der Waals surface area contributed by atoms with E-state index in [9.17, 15) is 14.7 Å². The van der Waals surface area contributed by atoms with Gasteiger partial charge in [0.25, 0.3) is 0 Å². The first-order chi connectivity index (χ1) is 15.5. The van der Waals surface area contributed by atoms with Gasteiger partial charge in [0, 0.05) is 6.54 Å². The van der Waals surface area contributed by atoms with E-state index in [1.807, 2.05) is 71.0 Å². The van der Waals surface area contributed by atoms with Crippen LogP contribution in [0, 0.1) is 6.92 Å². The smallest absolute Gasteiger partial charge is 0.478 e. The zero-order valence-corrected chi connectivity index (χ0v) is 19.7. The molecule has 8 heteroatoms. The Labute approximate surface area is 194 Å². The van der Waals surface area contributed by atoms with E-state index in [-0.39, 0.29) is 18.7 Å². The van der Waals surface area contributed by atoms with Crippen LogP contribution in [0.3, 0.4) is 0 Å². The third-order valence-corrected chi connectivity index (χ3v) is 6.09. The Hall–Kier alpha value is -3.10. The summed E-state index contributed by atoms with van der Waals surface area (Å²) in [6, 6.07) is 14.5. The summed E-state index contributed by atoms with van der Waals surface area (Å²) in [5.41, 5.74) is 1.76. The number of ether oxygens (including phenoxy) is 1. The lowest BCUT2D eigenvalue weighted by Crippen LogP contribution is -2.41. The Balaban J connectivity index is 1.84. The number of aromatic carboxylic acids is 1. The van der Waals surface area contributed by atoms with E-state index >= 15 is 0 Å². The van der Waals surface area contributed by atoms with Gasteiger partial charge in [-0.25, -0.2) is 9.59 Å². The van der Waals surface area contributed by atoms with E-state index in [0.29, 0.717) is 11.0 Å². The van der Waals surface area contributed by atoms with E-state index in [2.05, 4.69) is 5.32 Å². The van der Waals surface area contributed by atoms with Crippen molar-refractivity contribution in [3.8, 4) is 0 Å². The van der Waals surface area contributed by atoms with Gasteiger partial charge in [-0.15, -0.1) is 0 Å². The van der Waals surface area contributed by atoms with Gasteiger partial charge in [0.05, 0.1) is 16.8 Å². The van der Waals surface area contributed by atoms with Gasteiger partial charge in [0.15, 0.2) is 0 Å². The Morgan fingerprint density at radius 1 is 1.03 bits per heavy atom. The van der Waals surface area contributed by atoms with E-state index in [1.54, 1.807) is 18.2 Å². The molecule has 1 heterocycles. The van der Waals surface area contributed by atoms with Gasteiger partial charge in [-0.1, -0.05) is 48.5 Å². The molecule has 0 saturated carbocycles. The van der Waals surface area contributed by atoms with E-state index in [4.69, 9.17) is 14.0 Å². The molecule has 0 radical (unpaired) electrons. The summed E-state index contributed by atoms with van der Waals surface area (Å²) in [6.45, 7) is 9.78. The molecule has 0 bridgehead atoms. The number of nitrogens with one attached hydrogen (secondary N) is 1. The second-order valence-electron chi connectivity index (χ2n) is 9.06. The molecule has 0 aromatic heterocycles. The van der Waals surface area contributed by atoms with Crippen molar-refractivity contribution in [1.82, 2.24) is 5.32 Å². The maximum absolute atomic E-state index is 12.3. The van der Waals surface area contributed by atoms with Crippen molar-refractivity contribution in [3.63, 3.8) is 0 Å². The van der Waals surface area contributed by atoms with Gasteiger partial charge in [-0.2, -0.15) is 0 Å². The number of carboxylic acid groups (broad SMARTS) is 1. The molecular formula is C25H30BNO6. The molecule has 1 saturated heterocycles. The van der Waals surface area contributed by atoms with Crippen LogP contribution in [-0.4, -0.2) is 42.0 Å². The maximum atomic E-state index is 12.3. The number of alkyl carbamates (subject to hydrolysis) is 1. The molecule has 1 aliphatic heterocycles. The van der Waals surface area contributed by atoms with Crippen molar-refractivity contribution in [1.29, 1.82) is 0 Å². The molecule has 1 fully saturated rings. The van der Waals surface area contributed by atoms with Gasteiger partial charge >= 0.3 is 19.2 Å². The number of benzene rings is 2. The highest BCUT2D eigenvalue weighted by molar-refractivity contribution is 6.56. The quantitative estimate of drug-likeness (QED) is 0.596. The van der Waals surface area contributed by atoms with Crippen LogP contribution in [0.5, 0.6) is 0 Å². The van der Waals surface area contributed by atoms with E-state index in [1.165, 1.54) is 0 Å². The first-order valence-corrected chi connectivity index (χ1v) is 10.8. The predicted octanol–water partition coefficient (Wildman–Crippen LogP) is 4.63. The number of hydrogen-bond acceptors (Lipinski definition) is 5. The highest BCUT2D eigenvalue weighted by atomic mass is 16.7. The van der Waals surface area contributed by atoms with Crippen LogP contribution in [0.25, 0.3) is 6.08 Å². The lowest BCUT2D eigenvalue weighted by atomic mass is 9.76. The molecule has 0 aliphatic carbocycles. The van der Waals surface area contributed by atoms with Crippen LogP contribution in [0.4, 0.5) is 4.79 Å². The Kier molecular flexibility index (Phi) is 7.30. The fraction of sp³-hybridized carbons (Fsp3) is 0.360. The fourth-order valence-electron chi connectivity index (χ4n) is 3.39. The summed E-state index contributed by atoms with van der Waals surface area (Å²) in [5.74, 6) is -1.03. The normalized spacial score (nSPS) is 17.0. The minimum absolute atomic E-state index is 0.0673. The monoisotopic (exact) mass is 451 g/mol. The summed E-state index contributed by atoms with van der Waals surface area (Å²) >= 11 is 0. The number of amides is 1. The van der Waals surface area contributed by atoms with Crippen LogP contribution >= 0.6 is 0 Å². The van der Waals surface area contributed by atoms with E-state index in [0.717, 1.165) is 11.1 Å². The van der Waals surface area contributed by atoms with Crippen molar-refractivity contribution < 1.29 is 28.7 Å². The number of rotatable bonds is 7. The zero-order valence-electron chi connectivity index (χ0n) is 19.7. The number of aryl methyl sites for hydroxylation is 1. The van der Waals surface area contributed by atoms with Crippen molar-refractivity contribution in [3.05, 3.63) is 76.3 Å². The summed E-state index contributed by atoms with van der Waals surface area (Å²) in [6.07, 6.45) is 1.13. The summed E-state index contributed by atoms with van der Waals surface area (Å²) < 4.78 is 17.6. The topological polar surface area (TPSA) is 94.1 Å². The van der Waals surface area contributed by atoms with Crippen LogP contribution in [-0.2, 0) is 20.7 Å². The van der Waals surface area contributed by atoms with E-state index < -0.39 is 30.4 Å². The largest absolute Gasteiger partial charge is 0.492 e. The minimum Gasteiger partial charge on any atom is -0.478 e. The first kappa shape index (κ1) is 24.5. The van der Waals surface area contributed by atoms with Crippen molar-refractivity contribution in [2.45, 2.75) is 52.4 Å². The average Bonchev–Trinajstić information content (AvgIpc) is 2.97. The van der Waals surface area contributed by atoms with Crippen LogP contribution in [0.2, 0.25) is 0 Å². The fourth-order valence-corrected chi connectivity index (χ4v) is 3.39. The second-order valence-corrected chi connectivity index (χ2v) is 9.06. The predicted molar refractivity (Wildman–Crippen MR) is 127 cm³/mol. The number of carbonyl (C=O) groups is 2. The molecule has 7 nitrogen and oxygen atoms in total. The Morgan fingerprint density at radius 2 is 1.67 bits per heavy atom. The SMILES string of the molecule is Cc1cccc(C(=O)O)c1C=C(CNC(=O)OCc1ccccc1)B1OC(C)(C)C(C)(C)O1. The van der Waals surface area contributed by atoms with Gasteiger partial charge in [-0.3, -0.25) is 0 Å². The Morgan fingerprint density at radius 3 is 2.27 bits per heavy atom. The molecular weight excluding hydrogens is 421 g/mol. The van der Waals surface area contributed by atoms with Crippen molar-refractivity contribution in [2.75, 3.05) is 6.54 Å². The third-order valence-electron chi connectivity index (χ3n) is 6.09. The van der Waals surface area contributed by atoms with Gasteiger partial charge in [0.1, 0.15) is 6.61 Å². The van der Waals surface area contributed by atoms with Crippen LogP contribution in [0.15, 0.2) is 54.0 Å². The standard InChI is InChI=1S/C25H30BNO6/c1-17-10-9-13-20(22(28)29)21(17)14-19(26-32-24(2,3)25(4,5)33-26)15-27-23(30)31-16-18-11-7-6-8-12-18/h6-14H,15-16H2,1-5H3,(H,27,30)(H,28,29). The molecule has 0 atom stereocenters. The number of carbonyl (C=O) groups excluding carboxylic acids is 1. The number of hydrogen-bond donors (Lipinski definition) is 2. The highest BCUT2D eigenvalue weighted by Gasteiger charge is 2.52. The maximum Gasteiger partial charge on any atom is 0.492 e. The molecule has 0 unspecified atom stereocenters. The summed E-state index contributed by atoms with van der Waals surface area (Å²) in [4.78, 5) is 24.1. The highest BCUT2D eigenvalue weighted by Crippen LogP contribution is 2.39. The Bertz CT molecular complexity index is 1030. The summed E-state index contributed by atoms with van der Waals surface area (Å²) in [5, 5.41) is 12.4. The second kappa shape index (κ2) is 9.81. The lowest BCUT2D eigenvalue weighted by molar-refractivity contribution is 0.00578. The molecule has 1 amide bonds. The molecule has 2 N–H and O–H groups in total. The molecule has 3 rings (SSSR count). The third kappa shape index (κ3) is 5.83. The van der Waals surface area contributed by atoms with Crippen molar-refractivity contribution in [2.24, 2.45) is 0 Å². The van der Waals surface area contributed by atoms with Crippen LogP contribution < -0.4 is 5.32 Å². The average molecular weight is 451 g/mol. The molecule has 33 heavy (non-hydrogen) atoms. The molecule has 2 aromatic carbocycles. The van der Waals surface area contributed by atoms with Crippen molar-refractivity contribution >= 4 is 25.3 Å². The summed E-state index contributed by atoms with van der Waals surface area (Å²) in [7, 11) is -0.759. The molecule has 174 valence electrons. The molecule has 0 spiro atoms. The minimum atomic E-state index is -1.03. The van der Waals surface area contributed by atoms with Crippen LogP contribution in [0.1, 0.15) is 54.7 Å². The van der Waals surface area contributed by atoms with Gasteiger partial charge in [0.2, 0.25) is 0 Å². The van der Waals surface area contributed by atoms with Gasteiger partial charge in [-0.05, 0) is 62.8 Å². The molecule has 1 aliphatic rings. The zero-order chi connectivity index (χ0) is 24.2.